The first-order valence-corrected chi connectivity index (χ1v) is 6.41. The van der Waals surface area contributed by atoms with Gasteiger partial charge in [0, 0.05) is 5.56 Å². The summed E-state index contributed by atoms with van der Waals surface area (Å²) in [6, 6.07) is 18.8. The highest BCUT2D eigenvalue weighted by molar-refractivity contribution is 5.94. The summed E-state index contributed by atoms with van der Waals surface area (Å²) in [5, 5.41) is 0. The van der Waals surface area contributed by atoms with Crippen molar-refractivity contribution in [2.45, 2.75) is 25.2 Å². The molecular formula is C17H16O. The molecule has 0 radical (unpaired) electrons. The van der Waals surface area contributed by atoms with Crippen molar-refractivity contribution < 1.29 is 4.79 Å². The first kappa shape index (κ1) is 11.2. The number of benzene rings is 2. The van der Waals surface area contributed by atoms with Crippen LogP contribution in [0.3, 0.4) is 0 Å². The Morgan fingerprint density at radius 1 is 0.889 bits per heavy atom. The zero-order valence-electron chi connectivity index (χ0n) is 10.5. The molecule has 1 aliphatic rings. The lowest BCUT2D eigenvalue weighted by Crippen LogP contribution is -1.92. The lowest BCUT2D eigenvalue weighted by Gasteiger charge is -2.02. The number of carbonyl (C=O) groups is 1. The predicted octanol–water partition coefficient (Wildman–Crippen LogP) is 4.16. The normalized spacial score (nSPS) is 21.6. The Labute approximate surface area is 107 Å². The molecule has 0 amide bonds. The Hall–Kier alpha value is -1.89. The monoisotopic (exact) mass is 236 g/mol. The summed E-state index contributed by atoms with van der Waals surface area (Å²) in [7, 11) is 0. The maximum atomic E-state index is 11.2. The van der Waals surface area contributed by atoms with Crippen LogP contribution in [-0.2, 0) is 0 Å². The molecule has 1 aliphatic carbocycles. The zero-order valence-corrected chi connectivity index (χ0v) is 10.5. The zero-order chi connectivity index (χ0) is 12.5. The number of rotatable bonds is 3. The molecule has 0 saturated heterocycles. The quantitative estimate of drug-likeness (QED) is 0.731. The van der Waals surface area contributed by atoms with Crippen molar-refractivity contribution in [1.29, 1.82) is 0 Å². The van der Waals surface area contributed by atoms with E-state index in [2.05, 4.69) is 42.5 Å². The third-order valence-corrected chi connectivity index (χ3v) is 3.76. The van der Waals surface area contributed by atoms with E-state index in [0.29, 0.717) is 11.8 Å². The Bertz CT molecular complexity index is 554. The minimum atomic E-state index is 0.136. The van der Waals surface area contributed by atoms with E-state index in [4.69, 9.17) is 0 Å². The largest absolute Gasteiger partial charge is 0.295 e. The van der Waals surface area contributed by atoms with E-state index in [1.54, 1.807) is 6.92 Å². The maximum absolute atomic E-state index is 11.2. The number of ketones is 1. The van der Waals surface area contributed by atoms with E-state index in [-0.39, 0.29) is 5.78 Å². The van der Waals surface area contributed by atoms with Gasteiger partial charge in [-0.1, -0.05) is 54.6 Å². The van der Waals surface area contributed by atoms with Crippen LogP contribution in [0, 0.1) is 0 Å². The molecule has 90 valence electrons. The molecule has 0 heterocycles. The minimum Gasteiger partial charge on any atom is -0.295 e. The topological polar surface area (TPSA) is 17.1 Å². The fourth-order valence-corrected chi connectivity index (χ4v) is 2.60. The number of hydrogen-bond donors (Lipinski definition) is 0. The molecule has 0 bridgehead atoms. The van der Waals surface area contributed by atoms with Crippen molar-refractivity contribution in [3.63, 3.8) is 0 Å². The smallest absolute Gasteiger partial charge is 0.159 e. The van der Waals surface area contributed by atoms with Gasteiger partial charge >= 0.3 is 0 Å². The first-order valence-electron chi connectivity index (χ1n) is 6.41. The second kappa shape index (κ2) is 4.41. The summed E-state index contributed by atoms with van der Waals surface area (Å²) in [5.41, 5.74) is 3.59. The van der Waals surface area contributed by atoms with Gasteiger partial charge in [-0.15, -0.1) is 0 Å². The predicted molar refractivity (Wildman–Crippen MR) is 73.0 cm³/mol. The Morgan fingerprint density at radius 2 is 1.44 bits per heavy atom. The Kier molecular flexibility index (Phi) is 2.75. The van der Waals surface area contributed by atoms with Gasteiger partial charge < -0.3 is 0 Å². The standard InChI is InChI=1S/C17H16O/c1-12(18)13-7-9-15(10-8-13)17-11-16(17)14-5-3-2-4-6-14/h2-10,16-17H,11H2,1H3/t16-,17?/m0/s1. The van der Waals surface area contributed by atoms with Gasteiger partial charge in [-0.2, -0.15) is 0 Å². The van der Waals surface area contributed by atoms with E-state index >= 15 is 0 Å². The molecule has 0 N–H and O–H groups in total. The summed E-state index contributed by atoms with van der Waals surface area (Å²) in [4.78, 5) is 11.2. The fourth-order valence-electron chi connectivity index (χ4n) is 2.60. The van der Waals surface area contributed by atoms with Gasteiger partial charge in [0.1, 0.15) is 0 Å². The highest BCUT2D eigenvalue weighted by Gasteiger charge is 2.39. The lowest BCUT2D eigenvalue weighted by atomic mass is 10.0. The van der Waals surface area contributed by atoms with E-state index in [0.717, 1.165) is 5.56 Å². The average molecular weight is 236 g/mol. The molecule has 0 aliphatic heterocycles. The van der Waals surface area contributed by atoms with Crippen molar-refractivity contribution in [1.82, 2.24) is 0 Å². The second-order valence-corrected chi connectivity index (χ2v) is 5.04. The van der Waals surface area contributed by atoms with Gasteiger partial charge in [0.15, 0.2) is 5.78 Å². The van der Waals surface area contributed by atoms with Crippen LogP contribution in [0.4, 0.5) is 0 Å². The molecule has 0 spiro atoms. The minimum absolute atomic E-state index is 0.136. The molecule has 2 aromatic rings. The van der Waals surface area contributed by atoms with E-state index in [1.807, 2.05) is 12.1 Å². The van der Waals surface area contributed by atoms with E-state index in [9.17, 15) is 4.79 Å². The molecule has 0 aromatic heterocycles. The van der Waals surface area contributed by atoms with Crippen molar-refractivity contribution >= 4 is 5.78 Å². The van der Waals surface area contributed by atoms with Crippen LogP contribution in [0.15, 0.2) is 54.6 Å². The molecule has 18 heavy (non-hydrogen) atoms. The van der Waals surface area contributed by atoms with Crippen molar-refractivity contribution in [3.05, 3.63) is 71.3 Å². The summed E-state index contributed by atoms with van der Waals surface area (Å²) >= 11 is 0. The lowest BCUT2D eigenvalue weighted by molar-refractivity contribution is 0.101. The van der Waals surface area contributed by atoms with Crippen molar-refractivity contribution in [2.75, 3.05) is 0 Å². The summed E-state index contributed by atoms with van der Waals surface area (Å²) < 4.78 is 0. The van der Waals surface area contributed by atoms with Gasteiger partial charge in [0.25, 0.3) is 0 Å². The summed E-state index contributed by atoms with van der Waals surface area (Å²) in [5.74, 6) is 1.43. The SMILES string of the molecule is CC(=O)c1ccc(C2C[C@H]2c2ccccc2)cc1. The molecule has 1 saturated carbocycles. The molecular weight excluding hydrogens is 220 g/mol. The van der Waals surface area contributed by atoms with Gasteiger partial charge in [-0.25, -0.2) is 0 Å². The third kappa shape index (κ3) is 2.08. The van der Waals surface area contributed by atoms with Gasteiger partial charge in [-0.3, -0.25) is 4.79 Å². The van der Waals surface area contributed by atoms with Crippen LogP contribution in [0.1, 0.15) is 46.7 Å². The molecule has 1 nitrogen and oxygen atoms in total. The highest BCUT2D eigenvalue weighted by atomic mass is 16.1. The van der Waals surface area contributed by atoms with Gasteiger partial charge in [0.05, 0.1) is 0 Å². The molecule has 2 aromatic carbocycles. The van der Waals surface area contributed by atoms with Gasteiger partial charge in [-0.05, 0) is 36.3 Å². The van der Waals surface area contributed by atoms with Crippen molar-refractivity contribution in [2.24, 2.45) is 0 Å². The van der Waals surface area contributed by atoms with Crippen LogP contribution in [0.2, 0.25) is 0 Å². The van der Waals surface area contributed by atoms with Crippen LogP contribution in [0.25, 0.3) is 0 Å². The van der Waals surface area contributed by atoms with Gasteiger partial charge in [0.2, 0.25) is 0 Å². The highest BCUT2D eigenvalue weighted by Crippen LogP contribution is 2.54. The molecule has 2 atom stereocenters. The second-order valence-electron chi connectivity index (χ2n) is 5.04. The fraction of sp³-hybridized carbons (Fsp3) is 0.235. The number of carbonyl (C=O) groups excluding carboxylic acids is 1. The third-order valence-electron chi connectivity index (χ3n) is 3.76. The number of Topliss-reactive ketones (excluding diaryl/α,β-unsaturated/α-hetero) is 1. The van der Waals surface area contributed by atoms with E-state index < -0.39 is 0 Å². The van der Waals surface area contributed by atoms with Crippen LogP contribution in [-0.4, -0.2) is 5.78 Å². The van der Waals surface area contributed by atoms with Crippen LogP contribution < -0.4 is 0 Å². The van der Waals surface area contributed by atoms with E-state index in [1.165, 1.54) is 17.5 Å². The molecule has 1 unspecified atom stereocenters. The summed E-state index contributed by atoms with van der Waals surface area (Å²) in [6.45, 7) is 1.61. The Balaban J connectivity index is 1.77. The molecule has 3 rings (SSSR count). The number of hydrogen-bond acceptors (Lipinski definition) is 1. The first-order chi connectivity index (χ1) is 8.75. The van der Waals surface area contributed by atoms with Crippen LogP contribution >= 0.6 is 0 Å². The average Bonchev–Trinajstić information content (AvgIpc) is 3.20. The maximum Gasteiger partial charge on any atom is 0.159 e. The molecule has 1 fully saturated rings. The molecule has 1 heteroatoms. The Morgan fingerprint density at radius 3 is 2.00 bits per heavy atom. The summed E-state index contributed by atoms with van der Waals surface area (Å²) in [6.07, 6.45) is 1.23. The van der Waals surface area contributed by atoms with Crippen molar-refractivity contribution in [3.8, 4) is 0 Å². The van der Waals surface area contributed by atoms with Crippen LogP contribution in [0.5, 0.6) is 0 Å².